The lowest BCUT2D eigenvalue weighted by atomic mass is 9.97. The van der Waals surface area contributed by atoms with E-state index in [0.717, 1.165) is 0 Å². The van der Waals surface area contributed by atoms with Crippen molar-refractivity contribution in [2.75, 3.05) is 7.11 Å². The predicted octanol–water partition coefficient (Wildman–Crippen LogP) is -0.776. The van der Waals surface area contributed by atoms with Crippen LogP contribution in [0.2, 0.25) is 0 Å². The Hall–Kier alpha value is -0.610. The number of hydrogen-bond donors (Lipinski definition) is 2. The summed E-state index contributed by atoms with van der Waals surface area (Å²) < 4.78 is 4.85. The zero-order valence-electron chi connectivity index (χ0n) is 6.55. The Morgan fingerprint density at radius 1 is 1.70 bits per heavy atom. The second-order valence-electron chi connectivity index (χ2n) is 2.52. The highest BCUT2D eigenvalue weighted by molar-refractivity contribution is 5.84. The summed E-state index contributed by atoms with van der Waals surface area (Å²) >= 11 is 0. The Kier molecular flexibility index (Phi) is 2.80. The summed E-state index contributed by atoms with van der Waals surface area (Å²) in [4.78, 5) is 10.6. The largest absolute Gasteiger partial charge is 0.379 e. The number of rotatable bonds is 3. The molecule has 0 aromatic carbocycles. The van der Waals surface area contributed by atoms with Gasteiger partial charge < -0.3 is 16.2 Å². The lowest BCUT2D eigenvalue weighted by Crippen LogP contribution is -2.57. The van der Waals surface area contributed by atoms with Crippen molar-refractivity contribution in [3.8, 4) is 0 Å². The van der Waals surface area contributed by atoms with E-state index in [1.807, 2.05) is 0 Å². The van der Waals surface area contributed by atoms with E-state index in [-0.39, 0.29) is 6.10 Å². The topological polar surface area (TPSA) is 78.3 Å². The van der Waals surface area contributed by atoms with Gasteiger partial charge in [-0.1, -0.05) is 0 Å². The van der Waals surface area contributed by atoms with Crippen molar-refractivity contribution in [2.45, 2.75) is 25.5 Å². The van der Waals surface area contributed by atoms with E-state index >= 15 is 0 Å². The SMILES string of the molecule is COC(C)C(C)(N)C(N)=O. The molecule has 4 N–H and O–H groups in total. The average Bonchev–Trinajstić information content (AvgIpc) is 1.86. The highest BCUT2D eigenvalue weighted by atomic mass is 16.5. The Morgan fingerprint density at radius 2 is 2.10 bits per heavy atom. The van der Waals surface area contributed by atoms with Gasteiger partial charge in [0.05, 0.1) is 6.10 Å². The van der Waals surface area contributed by atoms with Crippen LogP contribution in [0.1, 0.15) is 13.8 Å². The van der Waals surface area contributed by atoms with Crippen molar-refractivity contribution in [1.29, 1.82) is 0 Å². The van der Waals surface area contributed by atoms with Crippen LogP contribution in [0.25, 0.3) is 0 Å². The quantitative estimate of drug-likeness (QED) is 0.548. The van der Waals surface area contributed by atoms with E-state index in [9.17, 15) is 4.79 Å². The number of amides is 1. The zero-order chi connectivity index (χ0) is 8.36. The van der Waals surface area contributed by atoms with Gasteiger partial charge in [-0.15, -0.1) is 0 Å². The van der Waals surface area contributed by atoms with Gasteiger partial charge in [-0.3, -0.25) is 4.79 Å². The van der Waals surface area contributed by atoms with Crippen LogP contribution in [0, 0.1) is 0 Å². The molecule has 0 heterocycles. The Balaban J connectivity index is 4.23. The fraction of sp³-hybridized carbons (Fsp3) is 0.833. The van der Waals surface area contributed by atoms with Gasteiger partial charge in [0.15, 0.2) is 0 Å². The number of hydrogen-bond acceptors (Lipinski definition) is 3. The molecular weight excluding hydrogens is 132 g/mol. The first kappa shape index (κ1) is 9.39. The molecular formula is C6H14N2O2. The van der Waals surface area contributed by atoms with Gasteiger partial charge in [-0.2, -0.15) is 0 Å². The molecule has 0 aromatic rings. The van der Waals surface area contributed by atoms with Gasteiger partial charge in [0.2, 0.25) is 5.91 Å². The highest BCUT2D eigenvalue weighted by Crippen LogP contribution is 2.07. The summed E-state index contributed by atoms with van der Waals surface area (Å²) in [5.74, 6) is -0.554. The lowest BCUT2D eigenvalue weighted by molar-refractivity contribution is -0.126. The van der Waals surface area contributed by atoms with Crippen LogP contribution in [0.4, 0.5) is 0 Å². The van der Waals surface area contributed by atoms with Crippen LogP contribution in [0.5, 0.6) is 0 Å². The van der Waals surface area contributed by atoms with Crippen molar-refractivity contribution in [3.63, 3.8) is 0 Å². The number of primary amides is 1. The smallest absolute Gasteiger partial charge is 0.239 e. The number of carbonyl (C=O) groups is 1. The minimum absolute atomic E-state index is 0.356. The van der Waals surface area contributed by atoms with Gasteiger partial charge in [0, 0.05) is 7.11 Å². The second-order valence-corrected chi connectivity index (χ2v) is 2.52. The van der Waals surface area contributed by atoms with Crippen LogP contribution in [-0.2, 0) is 9.53 Å². The fourth-order valence-electron chi connectivity index (χ4n) is 0.445. The molecule has 60 valence electrons. The second kappa shape index (κ2) is 2.98. The summed E-state index contributed by atoms with van der Waals surface area (Å²) in [6.45, 7) is 3.24. The summed E-state index contributed by atoms with van der Waals surface area (Å²) in [5, 5.41) is 0. The number of methoxy groups -OCH3 is 1. The van der Waals surface area contributed by atoms with Gasteiger partial charge in [0.1, 0.15) is 5.54 Å². The van der Waals surface area contributed by atoms with Gasteiger partial charge in [-0.25, -0.2) is 0 Å². The maximum absolute atomic E-state index is 10.6. The normalized spacial score (nSPS) is 19.6. The van der Waals surface area contributed by atoms with E-state index in [2.05, 4.69) is 0 Å². The molecule has 0 aromatic heterocycles. The Bertz CT molecular complexity index is 134. The molecule has 4 heteroatoms. The molecule has 0 rings (SSSR count). The van der Waals surface area contributed by atoms with Crippen molar-refractivity contribution < 1.29 is 9.53 Å². The molecule has 0 aliphatic carbocycles. The molecule has 0 bridgehead atoms. The number of nitrogens with two attached hydrogens (primary N) is 2. The van der Waals surface area contributed by atoms with Crippen molar-refractivity contribution in [2.24, 2.45) is 11.5 Å². The molecule has 1 amide bonds. The molecule has 10 heavy (non-hydrogen) atoms. The molecule has 2 unspecified atom stereocenters. The third-order valence-corrected chi connectivity index (χ3v) is 1.73. The van der Waals surface area contributed by atoms with Gasteiger partial charge in [-0.05, 0) is 13.8 Å². The molecule has 0 saturated heterocycles. The van der Waals surface area contributed by atoms with Crippen LogP contribution in [0.3, 0.4) is 0 Å². The molecule has 2 atom stereocenters. The first-order valence-electron chi connectivity index (χ1n) is 3.04. The van der Waals surface area contributed by atoms with Crippen LogP contribution in [-0.4, -0.2) is 24.7 Å². The maximum Gasteiger partial charge on any atom is 0.239 e. The molecule has 4 nitrogen and oxygen atoms in total. The average molecular weight is 146 g/mol. The summed E-state index contributed by atoms with van der Waals surface area (Å²) in [7, 11) is 1.48. The Labute approximate surface area is 60.5 Å². The standard InChI is InChI=1S/C6H14N2O2/c1-4(10-3)6(2,8)5(7)9/h4H,8H2,1-3H3,(H2,7,9). The molecule has 0 saturated carbocycles. The predicted molar refractivity (Wildman–Crippen MR) is 38.3 cm³/mol. The first-order valence-corrected chi connectivity index (χ1v) is 3.04. The molecule has 0 aliphatic heterocycles. The molecule has 0 fully saturated rings. The van der Waals surface area contributed by atoms with Gasteiger partial charge >= 0.3 is 0 Å². The van der Waals surface area contributed by atoms with E-state index < -0.39 is 11.4 Å². The van der Waals surface area contributed by atoms with Crippen molar-refractivity contribution in [3.05, 3.63) is 0 Å². The van der Waals surface area contributed by atoms with Crippen LogP contribution >= 0.6 is 0 Å². The minimum atomic E-state index is -1.07. The van der Waals surface area contributed by atoms with Gasteiger partial charge in [0.25, 0.3) is 0 Å². The lowest BCUT2D eigenvalue weighted by Gasteiger charge is -2.26. The number of carbonyl (C=O) groups excluding carboxylic acids is 1. The van der Waals surface area contributed by atoms with E-state index in [1.54, 1.807) is 13.8 Å². The summed E-state index contributed by atoms with van der Waals surface area (Å²) in [6, 6.07) is 0. The number of ether oxygens (including phenoxy) is 1. The van der Waals surface area contributed by atoms with E-state index in [1.165, 1.54) is 7.11 Å². The summed E-state index contributed by atoms with van der Waals surface area (Å²) in [6.07, 6.45) is -0.356. The Morgan fingerprint density at radius 3 is 2.20 bits per heavy atom. The van der Waals surface area contributed by atoms with Crippen molar-refractivity contribution in [1.82, 2.24) is 0 Å². The third-order valence-electron chi connectivity index (χ3n) is 1.73. The van der Waals surface area contributed by atoms with Crippen LogP contribution in [0.15, 0.2) is 0 Å². The highest BCUT2D eigenvalue weighted by Gasteiger charge is 2.32. The van der Waals surface area contributed by atoms with Crippen LogP contribution < -0.4 is 11.5 Å². The van der Waals surface area contributed by atoms with Crippen molar-refractivity contribution >= 4 is 5.91 Å². The molecule has 0 aliphatic rings. The minimum Gasteiger partial charge on any atom is -0.379 e. The fourth-order valence-corrected chi connectivity index (χ4v) is 0.445. The summed E-state index contributed by atoms with van der Waals surface area (Å²) in [5.41, 5.74) is 9.44. The van der Waals surface area contributed by atoms with E-state index in [0.29, 0.717) is 0 Å². The molecule has 0 radical (unpaired) electrons. The van der Waals surface area contributed by atoms with E-state index in [4.69, 9.17) is 16.2 Å². The maximum atomic E-state index is 10.6. The third kappa shape index (κ3) is 1.68. The molecule has 0 spiro atoms. The first-order chi connectivity index (χ1) is 4.42. The monoisotopic (exact) mass is 146 g/mol. The zero-order valence-corrected chi connectivity index (χ0v) is 6.55.